The van der Waals surface area contributed by atoms with Crippen molar-refractivity contribution in [2.75, 3.05) is 18.0 Å². The summed E-state index contributed by atoms with van der Waals surface area (Å²) in [6.07, 6.45) is 0.437. The van der Waals surface area contributed by atoms with Gasteiger partial charge >= 0.3 is 0 Å². The molecule has 0 saturated carbocycles. The molecule has 1 fully saturated rings. The number of nitro groups is 1. The van der Waals surface area contributed by atoms with Crippen molar-refractivity contribution in [3.05, 3.63) is 28.3 Å². The highest BCUT2D eigenvalue weighted by atomic mass is 32.1. The van der Waals surface area contributed by atoms with E-state index in [2.05, 4.69) is 4.98 Å². The molecule has 0 radical (unpaired) electrons. The number of non-ortho nitro benzene ring substituents is 1. The predicted octanol–water partition coefficient (Wildman–Crippen LogP) is 1.52. The van der Waals surface area contributed by atoms with Crippen molar-refractivity contribution in [1.29, 1.82) is 0 Å². The Hall–Kier alpha value is -2.06. The zero-order valence-electron chi connectivity index (χ0n) is 10.5. The summed E-state index contributed by atoms with van der Waals surface area (Å²) in [4.78, 5) is 28.2. The highest BCUT2D eigenvalue weighted by Crippen LogP contribution is 2.34. The number of nitrogens with two attached hydrogens (primary N) is 1. The lowest BCUT2D eigenvalue weighted by Gasteiger charge is -2.11. The first-order valence-corrected chi connectivity index (χ1v) is 6.95. The van der Waals surface area contributed by atoms with Crippen LogP contribution in [-0.4, -0.2) is 28.9 Å². The van der Waals surface area contributed by atoms with Gasteiger partial charge < -0.3 is 5.73 Å². The van der Waals surface area contributed by atoms with E-state index < -0.39 is 4.92 Å². The molecule has 1 aliphatic rings. The van der Waals surface area contributed by atoms with E-state index in [1.165, 1.54) is 23.5 Å². The van der Waals surface area contributed by atoms with E-state index in [-0.39, 0.29) is 17.5 Å². The molecule has 2 heterocycles. The topological polar surface area (TPSA) is 102 Å². The molecule has 3 rings (SSSR count). The monoisotopic (exact) mass is 292 g/mol. The number of anilines is 1. The Morgan fingerprint density at radius 2 is 2.35 bits per heavy atom. The number of rotatable bonds is 3. The molecular formula is C12H12N4O3S. The second kappa shape index (κ2) is 4.80. The van der Waals surface area contributed by atoms with Gasteiger partial charge in [0.05, 0.1) is 15.1 Å². The van der Waals surface area contributed by atoms with Crippen LogP contribution >= 0.6 is 11.3 Å². The quantitative estimate of drug-likeness (QED) is 0.682. The molecule has 1 unspecified atom stereocenters. The molecule has 1 aromatic heterocycles. The summed E-state index contributed by atoms with van der Waals surface area (Å²) in [6.45, 7) is 1.04. The van der Waals surface area contributed by atoms with Crippen LogP contribution in [-0.2, 0) is 4.79 Å². The van der Waals surface area contributed by atoms with Crippen molar-refractivity contribution < 1.29 is 9.72 Å². The first-order valence-electron chi connectivity index (χ1n) is 6.14. The van der Waals surface area contributed by atoms with Gasteiger partial charge in [-0.25, -0.2) is 4.98 Å². The van der Waals surface area contributed by atoms with Crippen LogP contribution < -0.4 is 10.6 Å². The van der Waals surface area contributed by atoms with Crippen molar-refractivity contribution in [3.8, 4) is 0 Å². The number of nitrogens with zero attached hydrogens (tertiary/aromatic N) is 3. The van der Waals surface area contributed by atoms with Crippen molar-refractivity contribution in [3.63, 3.8) is 0 Å². The lowest BCUT2D eigenvalue weighted by molar-refractivity contribution is -0.384. The molecule has 1 aliphatic heterocycles. The summed E-state index contributed by atoms with van der Waals surface area (Å²) in [7, 11) is 0. The standard InChI is InChI=1S/C12H12N4O3S/c13-5-7-3-11(17)15(6-7)12-14-9-2-1-8(16(18)19)4-10(9)20-12/h1-2,4,7H,3,5-6,13H2. The van der Waals surface area contributed by atoms with Crippen LogP contribution in [0.2, 0.25) is 0 Å². The van der Waals surface area contributed by atoms with Crippen LogP contribution in [0.3, 0.4) is 0 Å². The number of hydrogen-bond donors (Lipinski definition) is 1. The van der Waals surface area contributed by atoms with E-state index in [0.29, 0.717) is 34.9 Å². The largest absolute Gasteiger partial charge is 0.330 e. The Kier molecular flexibility index (Phi) is 3.11. The summed E-state index contributed by atoms with van der Waals surface area (Å²) < 4.78 is 0.707. The van der Waals surface area contributed by atoms with Crippen molar-refractivity contribution in [1.82, 2.24) is 4.98 Å². The molecule has 1 atom stereocenters. The Balaban J connectivity index is 1.97. The summed E-state index contributed by atoms with van der Waals surface area (Å²) in [5, 5.41) is 11.3. The summed E-state index contributed by atoms with van der Waals surface area (Å²) in [6, 6.07) is 4.51. The Labute approximate surface area is 118 Å². The van der Waals surface area contributed by atoms with E-state index in [0.717, 1.165) is 0 Å². The second-order valence-electron chi connectivity index (χ2n) is 4.72. The highest BCUT2D eigenvalue weighted by molar-refractivity contribution is 7.22. The average Bonchev–Trinajstić information content (AvgIpc) is 3.00. The number of thiazole rings is 1. The summed E-state index contributed by atoms with van der Waals surface area (Å²) in [5.74, 6) is 0.165. The molecule has 2 aromatic rings. The Morgan fingerprint density at radius 3 is 3.00 bits per heavy atom. The minimum Gasteiger partial charge on any atom is -0.330 e. The van der Waals surface area contributed by atoms with E-state index in [9.17, 15) is 14.9 Å². The van der Waals surface area contributed by atoms with Crippen LogP contribution in [0.1, 0.15) is 6.42 Å². The lowest BCUT2D eigenvalue weighted by Crippen LogP contribution is -2.25. The van der Waals surface area contributed by atoms with E-state index in [4.69, 9.17) is 5.73 Å². The molecule has 104 valence electrons. The van der Waals surface area contributed by atoms with Gasteiger partial charge in [-0.15, -0.1) is 0 Å². The molecule has 0 aliphatic carbocycles. The fraction of sp³-hybridized carbons (Fsp3) is 0.333. The van der Waals surface area contributed by atoms with Crippen LogP contribution in [0, 0.1) is 16.0 Å². The number of hydrogen-bond acceptors (Lipinski definition) is 6. The van der Waals surface area contributed by atoms with Crippen molar-refractivity contribution >= 4 is 38.3 Å². The van der Waals surface area contributed by atoms with Crippen molar-refractivity contribution in [2.45, 2.75) is 6.42 Å². The third-order valence-electron chi connectivity index (χ3n) is 3.34. The van der Waals surface area contributed by atoms with Gasteiger partial charge in [-0.2, -0.15) is 0 Å². The van der Waals surface area contributed by atoms with Crippen LogP contribution in [0.5, 0.6) is 0 Å². The van der Waals surface area contributed by atoms with E-state index in [1.54, 1.807) is 11.0 Å². The second-order valence-corrected chi connectivity index (χ2v) is 5.72. The molecule has 2 N–H and O–H groups in total. The number of fused-ring (bicyclic) bond motifs is 1. The number of nitro benzene ring substituents is 1. The highest BCUT2D eigenvalue weighted by Gasteiger charge is 2.31. The molecule has 0 spiro atoms. The molecule has 0 bridgehead atoms. The number of benzene rings is 1. The normalized spacial score (nSPS) is 18.9. The molecule has 8 heteroatoms. The number of amides is 1. The molecule has 1 amide bonds. The van der Waals surface area contributed by atoms with Gasteiger partial charge in [-0.05, 0) is 18.5 Å². The van der Waals surface area contributed by atoms with Crippen LogP contribution in [0.25, 0.3) is 10.2 Å². The van der Waals surface area contributed by atoms with E-state index in [1.807, 2.05) is 0 Å². The van der Waals surface area contributed by atoms with Crippen LogP contribution in [0.4, 0.5) is 10.8 Å². The fourth-order valence-electron chi connectivity index (χ4n) is 2.25. The maximum absolute atomic E-state index is 11.9. The van der Waals surface area contributed by atoms with E-state index >= 15 is 0 Å². The zero-order valence-corrected chi connectivity index (χ0v) is 11.3. The number of carbonyl (C=O) groups excluding carboxylic acids is 1. The number of aromatic nitrogens is 1. The number of carbonyl (C=O) groups is 1. The average molecular weight is 292 g/mol. The summed E-state index contributed by atoms with van der Waals surface area (Å²) >= 11 is 1.29. The summed E-state index contributed by atoms with van der Waals surface area (Å²) in [5.41, 5.74) is 6.29. The molecule has 1 saturated heterocycles. The van der Waals surface area contributed by atoms with Gasteiger partial charge in [0.15, 0.2) is 5.13 Å². The van der Waals surface area contributed by atoms with Gasteiger partial charge in [0.2, 0.25) is 5.91 Å². The minimum absolute atomic E-state index is 0.00834. The van der Waals surface area contributed by atoms with Gasteiger partial charge in [-0.3, -0.25) is 19.8 Å². The predicted molar refractivity (Wildman–Crippen MR) is 75.8 cm³/mol. The van der Waals surface area contributed by atoms with Crippen molar-refractivity contribution in [2.24, 2.45) is 11.7 Å². The first kappa shape index (κ1) is 12.9. The molecular weight excluding hydrogens is 280 g/mol. The van der Waals surface area contributed by atoms with Gasteiger partial charge in [0.25, 0.3) is 5.69 Å². The fourth-order valence-corrected chi connectivity index (χ4v) is 3.28. The Bertz CT molecular complexity index is 699. The third-order valence-corrected chi connectivity index (χ3v) is 4.38. The zero-order chi connectivity index (χ0) is 14.3. The maximum atomic E-state index is 11.9. The molecule has 7 nitrogen and oxygen atoms in total. The van der Waals surface area contributed by atoms with Gasteiger partial charge in [-0.1, -0.05) is 11.3 Å². The lowest BCUT2D eigenvalue weighted by atomic mass is 10.1. The van der Waals surface area contributed by atoms with Crippen LogP contribution in [0.15, 0.2) is 18.2 Å². The van der Waals surface area contributed by atoms with Gasteiger partial charge in [0, 0.05) is 25.1 Å². The third kappa shape index (κ3) is 2.12. The van der Waals surface area contributed by atoms with Gasteiger partial charge in [0.1, 0.15) is 0 Å². The molecule has 20 heavy (non-hydrogen) atoms. The Morgan fingerprint density at radius 1 is 1.55 bits per heavy atom. The maximum Gasteiger partial charge on any atom is 0.270 e. The minimum atomic E-state index is -0.440. The SMILES string of the molecule is NCC1CC(=O)N(c2nc3ccc([N+](=O)[O-])cc3s2)C1. The smallest absolute Gasteiger partial charge is 0.270 e. The first-order chi connectivity index (χ1) is 9.58. The molecule has 1 aromatic carbocycles.